The Morgan fingerprint density at radius 2 is 2.33 bits per heavy atom. The highest BCUT2D eigenvalue weighted by atomic mass is 79.9. The summed E-state index contributed by atoms with van der Waals surface area (Å²) in [7, 11) is 1.47. The van der Waals surface area contributed by atoms with Gasteiger partial charge in [-0.05, 0) is 15.9 Å². The largest absolute Gasteiger partial charge is 0.380 e. The van der Waals surface area contributed by atoms with Gasteiger partial charge in [-0.1, -0.05) is 0 Å². The quantitative estimate of drug-likeness (QED) is 0.781. The number of aromatic nitrogens is 3. The number of alkyl halides is 3. The zero-order valence-electron chi connectivity index (χ0n) is 6.08. The highest BCUT2D eigenvalue weighted by Gasteiger charge is 2.37. The van der Waals surface area contributed by atoms with E-state index in [2.05, 4.69) is 10.2 Å². The minimum atomic E-state index is -3.37. The smallest absolute Gasteiger partial charge is 0.332 e. The maximum Gasteiger partial charge on any atom is 0.332 e. The van der Waals surface area contributed by atoms with Crippen LogP contribution in [0.1, 0.15) is 11.8 Å². The minimum absolute atomic E-state index is 0.167. The molecule has 0 spiro atoms. The van der Waals surface area contributed by atoms with E-state index in [4.69, 9.17) is 5.11 Å². The third-order valence-electron chi connectivity index (χ3n) is 1.21. The van der Waals surface area contributed by atoms with Crippen molar-refractivity contribution in [2.75, 3.05) is 0 Å². The van der Waals surface area contributed by atoms with E-state index < -0.39 is 10.9 Å². The second-order valence-corrected chi connectivity index (χ2v) is 3.26. The van der Waals surface area contributed by atoms with Gasteiger partial charge in [-0.2, -0.15) is 23.8 Å². The van der Waals surface area contributed by atoms with E-state index in [0.717, 1.165) is 11.0 Å². The molecule has 0 amide bonds. The molecular weight excluding hydrogens is 236 g/mol. The molecule has 0 aliphatic heterocycles. The van der Waals surface area contributed by atoms with E-state index in [1.807, 2.05) is 15.9 Å². The van der Waals surface area contributed by atoms with Crippen molar-refractivity contribution in [1.29, 1.82) is 0 Å². The normalized spacial score (nSPS) is 14.8. The molecule has 0 aromatic carbocycles. The summed E-state index contributed by atoms with van der Waals surface area (Å²) in [5.74, 6) is 0. The SMILES string of the molecule is Cn1ncc(C(O)C(F)(F)Br)n1. The highest BCUT2D eigenvalue weighted by Crippen LogP contribution is 2.35. The molecule has 0 fully saturated rings. The Balaban J connectivity index is 2.85. The lowest BCUT2D eigenvalue weighted by Gasteiger charge is -2.12. The molecule has 1 heterocycles. The first-order valence-corrected chi connectivity index (χ1v) is 3.81. The second-order valence-electron chi connectivity index (χ2n) is 2.20. The Kier molecular flexibility index (Phi) is 2.43. The molecule has 0 aliphatic carbocycles. The van der Waals surface area contributed by atoms with Crippen molar-refractivity contribution < 1.29 is 13.9 Å². The highest BCUT2D eigenvalue weighted by molar-refractivity contribution is 9.10. The molecule has 1 N–H and O–H groups in total. The van der Waals surface area contributed by atoms with Crippen molar-refractivity contribution in [3.8, 4) is 0 Å². The van der Waals surface area contributed by atoms with E-state index in [0.29, 0.717) is 0 Å². The van der Waals surface area contributed by atoms with Crippen molar-refractivity contribution in [3.05, 3.63) is 11.9 Å². The van der Waals surface area contributed by atoms with Crippen LogP contribution in [0, 0.1) is 0 Å². The van der Waals surface area contributed by atoms with Gasteiger partial charge < -0.3 is 5.11 Å². The minimum Gasteiger partial charge on any atom is -0.380 e. The zero-order valence-corrected chi connectivity index (χ0v) is 7.66. The van der Waals surface area contributed by atoms with Crippen LogP contribution in [0.15, 0.2) is 6.20 Å². The molecule has 0 aliphatic rings. The molecule has 1 aromatic rings. The summed E-state index contributed by atoms with van der Waals surface area (Å²) in [6, 6.07) is 0. The molecule has 0 bridgehead atoms. The first-order chi connectivity index (χ1) is 5.41. The van der Waals surface area contributed by atoms with Crippen LogP contribution in [-0.2, 0) is 7.05 Å². The molecule has 0 saturated heterocycles. The summed E-state index contributed by atoms with van der Waals surface area (Å²) < 4.78 is 24.8. The van der Waals surface area contributed by atoms with Gasteiger partial charge in [-0.15, -0.1) is 0 Å². The summed E-state index contributed by atoms with van der Waals surface area (Å²) in [6.07, 6.45) is -0.883. The van der Waals surface area contributed by atoms with Crippen LogP contribution in [0.4, 0.5) is 8.78 Å². The Morgan fingerprint density at radius 1 is 1.75 bits per heavy atom. The topological polar surface area (TPSA) is 50.9 Å². The van der Waals surface area contributed by atoms with Crippen LogP contribution >= 0.6 is 15.9 Å². The molecule has 1 unspecified atom stereocenters. The molecule has 0 radical (unpaired) electrons. The Bertz CT molecular complexity index is 272. The van der Waals surface area contributed by atoms with Gasteiger partial charge >= 0.3 is 4.83 Å². The average Bonchev–Trinajstić information content (AvgIpc) is 2.32. The van der Waals surface area contributed by atoms with Crippen molar-refractivity contribution in [1.82, 2.24) is 15.0 Å². The van der Waals surface area contributed by atoms with Gasteiger partial charge in [-0.3, -0.25) is 0 Å². The van der Waals surface area contributed by atoms with E-state index in [1.54, 1.807) is 0 Å². The maximum absolute atomic E-state index is 12.4. The van der Waals surface area contributed by atoms with Crippen molar-refractivity contribution in [2.45, 2.75) is 10.9 Å². The van der Waals surface area contributed by atoms with Gasteiger partial charge in [0, 0.05) is 7.05 Å². The fraction of sp³-hybridized carbons (Fsp3) is 0.600. The van der Waals surface area contributed by atoms with E-state index in [1.165, 1.54) is 7.05 Å². The van der Waals surface area contributed by atoms with Crippen LogP contribution < -0.4 is 0 Å². The third-order valence-corrected chi connectivity index (χ3v) is 1.64. The molecule has 1 atom stereocenters. The summed E-state index contributed by atoms with van der Waals surface area (Å²) in [5.41, 5.74) is -0.167. The molecule has 1 aromatic heterocycles. The summed E-state index contributed by atoms with van der Waals surface area (Å²) in [4.78, 5) is -2.28. The summed E-state index contributed by atoms with van der Waals surface area (Å²) in [6.45, 7) is 0. The van der Waals surface area contributed by atoms with Gasteiger partial charge in [0.15, 0.2) is 6.10 Å². The fourth-order valence-corrected chi connectivity index (χ4v) is 0.889. The number of halogens is 3. The number of aliphatic hydroxyl groups is 1. The lowest BCUT2D eigenvalue weighted by atomic mass is 10.3. The van der Waals surface area contributed by atoms with E-state index in [9.17, 15) is 8.78 Å². The Hall–Kier alpha value is -0.560. The summed E-state index contributed by atoms with van der Waals surface area (Å²) >= 11 is 2.03. The van der Waals surface area contributed by atoms with Crippen LogP contribution in [-0.4, -0.2) is 24.9 Å². The third kappa shape index (κ3) is 1.98. The number of nitrogens with zero attached hydrogens (tertiary/aromatic N) is 3. The van der Waals surface area contributed by atoms with Crippen molar-refractivity contribution in [3.63, 3.8) is 0 Å². The number of aliphatic hydroxyl groups excluding tert-OH is 1. The zero-order chi connectivity index (χ0) is 9.35. The van der Waals surface area contributed by atoms with E-state index >= 15 is 0 Å². The van der Waals surface area contributed by atoms with Crippen molar-refractivity contribution >= 4 is 15.9 Å². The summed E-state index contributed by atoms with van der Waals surface area (Å²) in [5, 5.41) is 16.0. The molecule has 68 valence electrons. The standard InChI is InChI=1S/C5H6BrF2N3O/c1-11-9-2-3(10-11)4(12)5(6,7)8/h2,4,12H,1H3. The molecule has 1 rings (SSSR count). The van der Waals surface area contributed by atoms with Crippen LogP contribution in [0.2, 0.25) is 0 Å². The van der Waals surface area contributed by atoms with Crippen LogP contribution in [0.25, 0.3) is 0 Å². The fourth-order valence-electron chi connectivity index (χ4n) is 0.654. The maximum atomic E-state index is 12.4. The number of hydrogen-bond acceptors (Lipinski definition) is 3. The van der Waals surface area contributed by atoms with Crippen LogP contribution in [0.5, 0.6) is 0 Å². The van der Waals surface area contributed by atoms with Gasteiger partial charge in [0.1, 0.15) is 5.69 Å². The first kappa shape index (κ1) is 9.53. The van der Waals surface area contributed by atoms with Gasteiger partial charge in [-0.25, -0.2) is 0 Å². The van der Waals surface area contributed by atoms with Gasteiger partial charge in [0.05, 0.1) is 6.20 Å². The van der Waals surface area contributed by atoms with Gasteiger partial charge in [0.2, 0.25) is 0 Å². The average molecular weight is 242 g/mol. The molecule has 0 saturated carbocycles. The van der Waals surface area contributed by atoms with Crippen LogP contribution in [0.3, 0.4) is 0 Å². The molecule has 12 heavy (non-hydrogen) atoms. The molecular formula is C5H6BrF2N3O. The number of rotatable bonds is 2. The Morgan fingerprint density at radius 3 is 2.67 bits per heavy atom. The predicted octanol–water partition coefficient (Wildman–Crippen LogP) is 0.836. The van der Waals surface area contributed by atoms with E-state index in [-0.39, 0.29) is 5.69 Å². The lowest BCUT2D eigenvalue weighted by Crippen LogP contribution is -2.18. The number of aryl methyl sites for hydroxylation is 1. The predicted molar refractivity (Wildman–Crippen MR) is 39.8 cm³/mol. The number of hydrogen-bond donors (Lipinski definition) is 1. The molecule has 4 nitrogen and oxygen atoms in total. The monoisotopic (exact) mass is 241 g/mol. The first-order valence-electron chi connectivity index (χ1n) is 3.02. The Labute approximate surface area is 75.3 Å². The molecule has 7 heteroatoms. The van der Waals surface area contributed by atoms with Crippen molar-refractivity contribution in [2.24, 2.45) is 7.05 Å². The lowest BCUT2D eigenvalue weighted by molar-refractivity contribution is -0.0319. The second kappa shape index (κ2) is 3.06. The van der Waals surface area contributed by atoms with Gasteiger partial charge in [0.25, 0.3) is 0 Å².